The molecule has 2 atom stereocenters. The van der Waals surface area contributed by atoms with Crippen molar-refractivity contribution in [2.75, 3.05) is 6.54 Å². The molecule has 20 heavy (non-hydrogen) atoms. The summed E-state index contributed by atoms with van der Waals surface area (Å²) < 4.78 is 7.20. The van der Waals surface area contributed by atoms with Gasteiger partial charge in [0.2, 0.25) is 5.91 Å². The van der Waals surface area contributed by atoms with Gasteiger partial charge in [0.25, 0.3) is 0 Å². The molecule has 2 aromatic rings. The minimum Gasteiger partial charge on any atom is -0.490 e. The molecule has 1 N–H and O–H groups in total. The van der Waals surface area contributed by atoms with Crippen molar-refractivity contribution in [1.82, 2.24) is 10.3 Å². The molecule has 5 heteroatoms. The maximum atomic E-state index is 11.3. The number of hydrogen-bond donors (Lipinski definition) is 1. The van der Waals surface area contributed by atoms with E-state index in [0.29, 0.717) is 13.0 Å². The van der Waals surface area contributed by atoms with Crippen molar-refractivity contribution in [1.29, 1.82) is 0 Å². The average molecular weight is 382 g/mol. The van der Waals surface area contributed by atoms with Crippen molar-refractivity contribution < 1.29 is 9.53 Å². The van der Waals surface area contributed by atoms with Crippen LogP contribution in [0.2, 0.25) is 0 Å². The smallest absolute Gasteiger partial charge is 0.220 e. The van der Waals surface area contributed by atoms with E-state index >= 15 is 0 Å². The second-order valence-corrected chi connectivity index (χ2v) is 6.31. The number of hydrogen-bond acceptors (Lipinski definition) is 3. The van der Waals surface area contributed by atoms with Crippen molar-refractivity contribution in [2.45, 2.75) is 19.4 Å². The first-order valence-electron chi connectivity index (χ1n) is 6.61. The van der Waals surface area contributed by atoms with Crippen molar-refractivity contribution in [3.63, 3.8) is 0 Å². The van der Waals surface area contributed by atoms with Crippen LogP contribution >= 0.6 is 22.6 Å². The molecule has 1 aromatic heterocycles. The summed E-state index contributed by atoms with van der Waals surface area (Å²) in [5, 5.41) is 3.86. The quantitative estimate of drug-likeness (QED) is 0.831. The van der Waals surface area contributed by atoms with Gasteiger partial charge in [-0.1, -0.05) is 0 Å². The highest BCUT2D eigenvalue weighted by molar-refractivity contribution is 14.1. The summed E-state index contributed by atoms with van der Waals surface area (Å²) in [4.78, 5) is 15.7. The fourth-order valence-corrected chi connectivity index (χ4v) is 3.05. The molecule has 3 rings (SSSR count). The molecular weight excluding hydrogens is 367 g/mol. The molecule has 0 aliphatic carbocycles. The van der Waals surface area contributed by atoms with Crippen molar-refractivity contribution >= 4 is 39.4 Å². The van der Waals surface area contributed by atoms with Crippen LogP contribution in [0.1, 0.15) is 13.3 Å². The van der Waals surface area contributed by atoms with Crippen LogP contribution < -0.4 is 10.1 Å². The summed E-state index contributed by atoms with van der Waals surface area (Å²) >= 11 is 2.27. The lowest BCUT2D eigenvalue weighted by Crippen LogP contribution is -2.25. The standard InChI is InChI=1S/C15H15IN2O2/c1-9(10-5-15(19)18-8-10)20-14-7-11(16)6-13-12(14)3-2-4-17-13/h2-4,6-7,9-10H,5,8H2,1H3,(H,18,19)/t9-,10?/m1/s1. The molecule has 1 unspecified atom stereocenters. The van der Waals surface area contributed by atoms with Crippen LogP contribution in [0.15, 0.2) is 30.5 Å². The van der Waals surface area contributed by atoms with Gasteiger partial charge in [-0.05, 0) is 53.8 Å². The predicted octanol–water partition coefficient (Wildman–Crippen LogP) is 2.74. The maximum Gasteiger partial charge on any atom is 0.220 e. The molecule has 1 aliphatic heterocycles. The Kier molecular flexibility index (Phi) is 3.78. The number of halogens is 1. The van der Waals surface area contributed by atoms with E-state index in [1.807, 2.05) is 31.2 Å². The summed E-state index contributed by atoms with van der Waals surface area (Å²) in [5.74, 6) is 1.18. The van der Waals surface area contributed by atoms with E-state index in [1.165, 1.54) is 0 Å². The molecule has 104 valence electrons. The second kappa shape index (κ2) is 5.55. The number of ether oxygens (including phenoxy) is 1. The molecule has 4 nitrogen and oxygen atoms in total. The fourth-order valence-electron chi connectivity index (χ4n) is 2.47. The highest BCUT2D eigenvalue weighted by atomic mass is 127. The van der Waals surface area contributed by atoms with Crippen LogP contribution in [-0.2, 0) is 4.79 Å². The number of fused-ring (bicyclic) bond motifs is 1. The number of rotatable bonds is 3. The number of nitrogens with zero attached hydrogens (tertiary/aromatic N) is 1. The average Bonchev–Trinajstić information content (AvgIpc) is 2.85. The van der Waals surface area contributed by atoms with E-state index in [0.717, 1.165) is 20.2 Å². The summed E-state index contributed by atoms with van der Waals surface area (Å²) in [6, 6.07) is 7.98. The second-order valence-electron chi connectivity index (χ2n) is 5.07. The topological polar surface area (TPSA) is 51.2 Å². The van der Waals surface area contributed by atoms with E-state index in [-0.39, 0.29) is 17.9 Å². The molecule has 0 saturated carbocycles. The van der Waals surface area contributed by atoms with Gasteiger partial charge in [0.05, 0.1) is 5.52 Å². The largest absolute Gasteiger partial charge is 0.490 e. The zero-order chi connectivity index (χ0) is 14.1. The molecule has 1 amide bonds. The van der Waals surface area contributed by atoms with Gasteiger partial charge in [-0.15, -0.1) is 0 Å². The summed E-state index contributed by atoms with van der Waals surface area (Å²) in [6.07, 6.45) is 2.32. The van der Waals surface area contributed by atoms with Crippen molar-refractivity contribution in [3.05, 3.63) is 34.0 Å². The van der Waals surface area contributed by atoms with Crippen LogP contribution in [0.25, 0.3) is 10.9 Å². The fraction of sp³-hybridized carbons (Fsp3) is 0.333. The SMILES string of the molecule is C[C@@H](Oc1cc(I)cc2ncccc12)C1CNC(=O)C1. The molecule has 0 bridgehead atoms. The molecule has 0 spiro atoms. The minimum atomic E-state index is -0.00411. The van der Waals surface area contributed by atoms with Gasteiger partial charge in [-0.2, -0.15) is 0 Å². The van der Waals surface area contributed by atoms with Crippen molar-refractivity contribution in [2.24, 2.45) is 5.92 Å². The number of pyridine rings is 1. The summed E-state index contributed by atoms with van der Waals surface area (Å²) in [6.45, 7) is 2.72. The Balaban J connectivity index is 1.88. The number of carbonyl (C=O) groups is 1. The van der Waals surface area contributed by atoms with Crippen LogP contribution in [0.3, 0.4) is 0 Å². The third-order valence-corrected chi connectivity index (χ3v) is 4.26. The zero-order valence-electron chi connectivity index (χ0n) is 11.1. The van der Waals surface area contributed by atoms with Crippen LogP contribution in [0.4, 0.5) is 0 Å². The molecule has 1 saturated heterocycles. The first-order chi connectivity index (χ1) is 9.63. The van der Waals surface area contributed by atoms with E-state index in [4.69, 9.17) is 4.74 Å². The Morgan fingerprint density at radius 2 is 2.35 bits per heavy atom. The van der Waals surface area contributed by atoms with Gasteiger partial charge in [-0.3, -0.25) is 9.78 Å². The molecule has 2 heterocycles. The van der Waals surface area contributed by atoms with E-state index in [9.17, 15) is 4.79 Å². The molecule has 1 aromatic carbocycles. The lowest BCUT2D eigenvalue weighted by Gasteiger charge is -2.20. The molecule has 1 fully saturated rings. The summed E-state index contributed by atoms with van der Waals surface area (Å²) in [5.41, 5.74) is 0.933. The zero-order valence-corrected chi connectivity index (χ0v) is 13.3. The predicted molar refractivity (Wildman–Crippen MR) is 85.7 cm³/mol. The minimum absolute atomic E-state index is 0.00411. The first-order valence-corrected chi connectivity index (χ1v) is 7.69. The van der Waals surface area contributed by atoms with Crippen LogP contribution in [0, 0.1) is 9.49 Å². The van der Waals surface area contributed by atoms with Crippen molar-refractivity contribution in [3.8, 4) is 5.75 Å². The van der Waals surface area contributed by atoms with Gasteiger partial charge in [0, 0.05) is 34.0 Å². The lowest BCUT2D eigenvalue weighted by molar-refractivity contribution is -0.119. The Labute approximate surface area is 131 Å². The molecular formula is C15H15IN2O2. The monoisotopic (exact) mass is 382 g/mol. The first kappa shape index (κ1) is 13.6. The Morgan fingerprint density at radius 1 is 1.50 bits per heavy atom. The number of aromatic nitrogens is 1. The van der Waals surface area contributed by atoms with Gasteiger partial charge in [0.1, 0.15) is 11.9 Å². The lowest BCUT2D eigenvalue weighted by atomic mass is 10.0. The number of amides is 1. The number of nitrogens with one attached hydrogen (secondary N) is 1. The Hall–Kier alpha value is -1.37. The van der Waals surface area contributed by atoms with E-state index in [2.05, 4.69) is 32.9 Å². The molecule has 0 radical (unpaired) electrons. The molecule has 1 aliphatic rings. The van der Waals surface area contributed by atoms with Gasteiger partial charge >= 0.3 is 0 Å². The van der Waals surface area contributed by atoms with Crippen LogP contribution in [0.5, 0.6) is 5.75 Å². The van der Waals surface area contributed by atoms with Gasteiger partial charge < -0.3 is 10.1 Å². The van der Waals surface area contributed by atoms with E-state index < -0.39 is 0 Å². The number of benzene rings is 1. The number of carbonyl (C=O) groups excluding carboxylic acids is 1. The maximum absolute atomic E-state index is 11.3. The highest BCUT2D eigenvalue weighted by Crippen LogP contribution is 2.29. The summed E-state index contributed by atoms with van der Waals surface area (Å²) in [7, 11) is 0. The van der Waals surface area contributed by atoms with Crippen LogP contribution in [-0.4, -0.2) is 23.5 Å². The Morgan fingerprint density at radius 3 is 3.10 bits per heavy atom. The Bertz CT molecular complexity index is 659. The van der Waals surface area contributed by atoms with E-state index in [1.54, 1.807) is 6.20 Å². The van der Waals surface area contributed by atoms with Gasteiger partial charge in [-0.25, -0.2) is 0 Å². The normalized spacial score (nSPS) is 19.9. The van der Waals surface area contributed by atoms with Gasteiger partial charge in [0.15, 0.2) is 0 Å². The third-order valence-electron chi connectivity index (χ3n) is 3.63. The third kappa shape index (κ3) is 2.72. The highest BCUT2D eigenvalue weighted by Gasteiger charge is 2.28.